The van der Waals surface area contributed by atoms with Crippen LogP contribution in [0.15, 0.2) is 16.9 Å². The van der Waals surface area contributed by atoms with E-state index in [9.17, 15) is 15.3 Å². The standard InChI is InChI=1S/C20H21N3O5S/c1-25-9-5-8-23-19(24)16(29-20(23)14(11-21)12-22)10-13-6-7-15(26-2)18(28-4)17(13)27-3/h6-7,10H,5,8-9H2,1-4H3/b16-10-. The fourth-order valence-corrected chi connectivity index (χ4v) is 3.84. The van der Waals surface area contributed by atoms with Crippen LogP contribution in [0, 0.1) is 22.7 Å². The van der Waals surface area contributed by atoms with E-state index in [0.29, 0.717) is 51.6 Å². The summed E-state index contributed by atoms with van der Waals surface area (Å²) in [4.78, 5) is 13.0. The van der Waals surface area contributed by atoms with E-state index < -0.39 is 0 Å². The minimum Gasteiger partial charge on any atom is -0.493 e. The molecule has 0 fully saturated rings. The van der Waals surface area contributed by atoms with Crippen LogP contribution in [0.25, 0.3) is 11.6 Å². The molecule has 0 amide bonds. The number of rotatable bonds is 8. The topological polar surface area (TPSA) is 106 Å². The summed E-state index contributed by atoms with van der Waals surface area (Å²) < 4.78 is 23.3. The number of aromatic nitrogens is 1. The van der Waals surface area contributed by atoms with Crippen molar-refractivity contribution in [3.05, 3.63) is 37.2 Å². The van der Waals surface area contributed by atoms with E-state index in [1.807, 2.05) is 12.1 Å². The van der Waals surface area contributed by atoms with Crippen LogP contribution in [0.5, 0.6) is 17.2 Å². The molecule has 1 heterocycles. The molecule has 0 atom stereocenters. The average molecular weight is 415 g/mol. The molecule has 8 nitrogen and oxygen atoms in total. The summed E-state index contributed by atoms with van der Waals surface area (Å²) in [5.41, 5.74) is 0.207. The van der Waals surface area contributed by atoms with Crippen LogP contribution in [0.1, 0.15) is 12.0 Å². The molecule has 2 aromatic rings. The monoisotopic (exact) mass is 415 g/mol. The third-order valence-electron chi connectivity index (χ3n) is 4.10. The predicted molar refractivity (Wildman–Crippen MR) is 109 cm³/mol. The van der Waals surface area contributed by atoms with Gasteiger partial charge in [-0.15, -0.1) is 11.3 Å². The van der Waals surface area contributed by atoms with Gasteiger partial charge in [0, 0.05) is 25.8 Å². The van der Waals surface area contributed by atoms with Gasteiger partial charge in [-0.2, -0.15) is 10.5 Å². The van der Waals surface area contributed by atoms with Gasteiger partial charge < -0.3 is 18.9 Å². The minimum absolute atomic E-state index is 0.108. The van der Waals surface area contributed by atoms with Crippen molar-refractivity contribution in [2.24, 2.45) is 0 Å². The molecule has 1 aromatic heterocycles. The first-order chi connectivity index (χ1) is 14.1. The van der Waals surface area contributed by atoms with Gasteiger partial charge in [0.25, 0.3) is 5.56 Å². The Morgan fingerprint density at radius 2 is 1.79 bits per heavy atom. The van der Waals surface area contributed by atoms with Crippen LogP contribution in [0.4, 0.5) is 0 Å². The average Bonchev–Trinajstić information content (AvgIpc) is 3.04. The zero-order valence-corrected chi connectivity index (χ0v) is 17.5. The predicted octanol–water partition coefficient (Wildman–Crippen LogP) is 0.999. The molecule has 0 aliphatic carbocycles. The number of ether oxygens (including phenoxy) is 4. The van der Waals surface area contributed by atoms with E-state index in [1.165, 1.54) is 25.9 Å². The van der Waals surface area contributed by atoms with Crippen molar-refractivity contribution >= 4 is 23.0 Å². The van der Waals surface area contributed by atoms with Crippen molar-refractivity contribution in [1.29, 1.82) is 10.5 Å². The number of nitriles is 2. The maximum absolute atomic E-state index is 13.0. The van der Waals surface area contributed by atoms with E-state index in [4.69, 9.17) is 18.9 Å². The number of hydrogen-bond donors (Lipinski definition) is 0. The first-order valence-corrected chi connectivity index (χ1v) is 9.41. The van der Waals surface area contributed by atoms with E-state index in [2.05, 4.69) is 0 Å². The molecule has 0 N–H and O–H groups in total. The molecule has 9 heteroatoms. The summed E-state index contributed by atoms with van der Waals surface area (Å²) >= 11 is 1.08. The van der Waals surface area contributed by atoms with Gasteiger partial charge >= 0.3 is 0 Å². The zero-order valence-electron chi connectivity index (χ0n) is 16.6. The summed E-state index contributed by atoms with van der Waals surface area (Å²) in [6, 6.07) is 7.17. The molecule has 0 aliphatic rings. The van der Waals surface area contributed by atoms with Crippen LogP contribution in [0.3, 0.4) is 0 Å². The largest absolute Gasteiger partial charge is 0.493 e. The SMILES string of the molecule is COCCCn1c(=C(C#N)C#N)s/c(=C\c2ccc(OC)c(OC)c2OC)c1=O. The highest BCUT2D eigenvalue weighted by atomic mass is 32.1. The molecule has 0 unspecified atom stereocenters. The number of methoxy groups -OCH3 is 4. The summed E-state index contributed by atoms with van der Waals surface area (Å²) in [6.45, 7) is 0.793. The zero-order chi connectivity index (χ0) is 21.4. The molecule has 0 radical (unpaired) electrons. The Morgan fingerprint density at radius 3 is 2.34 bits per heavy atom. The van der Waals surface area contributed by atoms with Gasteiger partial charge in [0.15, 0.2) is 17.1 Å². The lowest BCUT2D eigenvalue weighted by Gasteiger charge is -2.13. The van der Waals surface area contributed by atoms with Crippen molar-refractivity contribution < 1.29 is 18.9 Å². The first-order valence-electron chi connectivity index (χ1n) is 8.60. The normalized spacial score (nSPS) is 10.9. The van der Waals surface area contributed by atoms with E-state index in [-0.39, 0.29) is 11.1 Å². The van der Waals surface area contributed by atoms with Gasteiger partial charge in [-0.3, -0.25) is 9.36 Å². The van der Waals surface area contributed by atoms with Crippen molar-refractivity contribution in [2.75, 3.05) is 35.0 Å². The molecular formula is C20H21N3O5S. The van der Waals surface area contributed by atoms with Gasteiger partial charge in [-0.05, 0) is 24.6 Å². The van der Waals surface area contributed by atoms with Crippen molar-refractivity contribution in [3.63, 3.8) is 0 Å². The Labute approximate surface area is 172 Å². The Hall–Kier alpha value is -3.27. The van der Waals surface area contributed by atoms with E-state index in [1.54, 1.807) is 25.3 Å². The molecule has 0 aliphatic heterocycles. The lowest BCUT2D eigenvalue weighted by atomic mass is 10.1. The molecule has 0 spiro atoms. The van der Waals surface area contributed by atoms with E-state index >= 15 is 0 Å². The van der Waals surface area contributed by atoms with Crippen molar-refractivity contribution in [2.45, 2.75) is 13.0 Å². The van der Waals surface area contributed by atoms with Gasteiger partial charge in [-0.1, -0.05) is 0 Å². The highest BCUT2D eigenvalue weighted by Gasteiger charge is 2.16. The fraction of sp³-hybridized carbons (Fsp3) is 0.350. The molecule has 2 rings (SSSR count). The molecule has 0 saturated heterocycles. The molecule has 29 heavy (non-hydrogen) atoms. The quantitative estimate of drug-likeness (QED) is 0.592. The second-order valence-corrected chi connectivity index (χ2v) is 6.77. The third kappa shape index (κ3) is 4.60. The molecule has 0 saturated carbocycles. The van der Waals surface area contributed by atoms with Gasteiger partial charge in [-0.25, -0.2) is 0 Å². The minimum atomic E-state index is -0.291. The van der Waals surface area contributed by atoms with Crippen LogP contribution < -0.4 is 29.0 Å². The van der Waals surface area contributed by atoms with Crippen LogP contribution >= 0.6 is 11.3 Å². The Kier molecular flexibility index (Phi) is 7.84. The van der Waals surface area contributed by atoms with Gasteiger partial charge in [0.05, 0.1) is 25.9 Å². The Balaban J connectivity index is 2.77. The smallest absolute Gasteiger partial charge is 0.269 e. The van der Waals surface area contributed by atoms with E-state index in [0.717, 1.165) is 11.3 Å². The Morgan fingerprint density at radius 1 is 1.10 bits per heavy atom. The van der Waals surface area contributed by atoms with Crippen LogP contribution in [-0.2, 0) is 11.3 Å². The summed E-state index contributed by atoms with van der Waals surface area (Å²) in [5.74, 6) is 1.31. The van der Waals surface area contributed by atoms with Gasteiger partial charge in [0.1, 0.15) is 16.8 Å². The number of benzene rings is 1. The number of thiazole rings is 1. The third-order valence-corrected chi connectivity index (χ3v) is 5.23. The fourth-order valence-electron chi connectivity index (χ4n) is 2.78. The van der Waals surface area contributed by atoms with Crippen molar-refractivity contribution in [1.82, 2.24) is 4.57 Å². The second kappa shape index (κ2) is 10.3. The molecule has 1 aromatic carbocycles. The van der Waals surface area contributed by atoms with Gasteiger partial charge in [0.2, 0.25) is 5.75 Å². The lowest BCUT2D eigenvalue weighted by Crippen LogP contribution is -2.32. The highest BCUT2D eigenvalue weighted by molar-refractivity contribution is 7.07. The second-order valence-electron chi connectivity index (χ2n) is 5.74. The molecular weight excluding hydrogens is 394 g/mol. The van der Waals surface area contributed by atoms with Crippen LogP contribution in [-0.4, -0.2) is 39.6 Å². The maximum Gasteiger partial charge on any atom is 0.269 e. The Bertz CT molecular complexity index is 1120. The first kappa shape index (κ1) is 22.0. The molecule has 152 valence electrons. The summed E-state index contributed by atoms with van der Waals surface area (Å²) in [7, 11) is 6.08. The number of hydrogen-bond acceptors (Lipinski definition) is 8. The van der Waals surface area contributed by atoms with Crippen molar-refractivity contribution in [3.8, 4) is 29.4 Å². The highest BCUT2D eigenvalue weighted by Crippen LogP contribution is 2.39. The summed E-state index contributed by atoms with van der Waals surface area (Å²) in [6.07, 6.45) is 2.22. The summed E-state index contributed by atoms with van der Waals surface area (Å²) in [5, 5.41) is 18.5. The maximum atomic E-state index is 13.0. The molecule has 0 bridgehead atoms. The van der Waals surface area contributed by atoms with Crippen LogP contribution in [0.2, 0.25) is 0 Å². The number of nitrogens with zero attached hydrogens (tertiary/aromatic N) is 3. The lowest BCUT2D eigenvalue weighted by molar-refractivity contribution is 0.190.